The van der Waals surface area contributed by atoms with Gasteiger partial charge in [-0.3, -0.25) is 0 Å². The van der Waals surface area contributed by atoms with Crippen LogP contribution in [-0.2, 0) is 10.0 Å². The highest BCUT2D eigenvalue weighted by molar-refractivity contribution is 9.09. The molecule has 0 radical (unpaired) electrons. The van der Waals surface area contributed by atoms with Gasteiger partial charge in [-0.1, -0.05) is 28.8 Å². The van der Waals surface area contributed by atoms with Crippen LogP contribution >= 0.6 is 15.9 Å². The van der Waals surface area contributed by atoms with Crippen LogP contribution in [0.2, 0.25) is 0 Å². The first-order chi connectivity index (χ1) is 7.00. The van der Waals surface area contributed by atoms with E-state index in [-0.39, 0.29) is 11.3 Å². The third-order valence-electron chi connectivity index (χ3n) is 2.96. The molecule has 3 nitrogen and oxygen atoms in total. The molecule has 0 atom stereocenters. The minimum Gasteiger partial charge on any atom is -0.212 e. The van der Waals surface area contributed by atoms with Gasteiger partial charge in [0.1, 0.15) is 0 Å². The van der Waals surface area contributed by atoms with E-state index in [1.54, 1.807) is 18.2 Å². The van der Waals surface area contributed by atoms with Crippen molar-refractivity contribution < 1.29 is 8.42 Å². The van der Waals surface area contributed by atoms with Crippen LogP contribution in [-0.4, -0.2) is 35.9 Å². The first-order valence-corrected chi connectivity index (χ1v) is 8.19. The number of nitrogens with zero attached hydrogens (tertiary/aromatic N) is 1. The Hall–Kier alpha value is 0.390. The molecule has 1 rings (SSSR count). The summed E-state index contributed by atoms with van der Waals surface area (Å²) in [6.45, 7) is 4.11. The third-order valence-corrected chi connectivity index (χ3v) is 5.64. The van der Waals surface area contributed by atoms with Crippen LogP contribution < -0.4 is 0 Å². The molecule has 1 saturated carbocycles. The molecule has 5 heteroatoms. The SMILES string of the molecule is CC(C)S(=O)(=O)N(CCBr)C1CCCC1. The molecule has 0 bridgehead atoms. The topological polar surface area (TPSA) is 37.4 Å². The quantitative estimate of drug-likeness (QED) is 0.731. The van der Waals surface area contributed by atoms with E-state index >= 15 is 0 Å². The first-order valence-electron chi connectivity index (χ1n) is 5.56. The normalized spacial score (nSPS) is 19.3. The summed E-state index contributed by atoms with van der Waals surface area (Å²) in [6, 6.07) is 0.245. The molecule has 15 heavy (non-hydrogen) atoms. The predicted octanol–water partition coefficient (Wildman–Crippen LogP) is 2.36. The molecule has 1 fully saturated rings. The maximum Gasteiger partial charge on any atom is 0.216 e. The molecule has 0 unspecified atom stereocenters. The summed E-state index contributed by atoms with van der Waals surface area (Å²) in [5.41, 5.74) is 0. The molecule has 90 valence electrons. The zero-order valence-electron chi connectivity index (χ0n) is 9.45. The van der Waals surface area contributed by atoms with Crippen molar-refractivity contribution in [2.45, 2.75) is 50.8 Å². The highest BCUT2D eigenvalue weighted by atomic mass is 79.9. The number of halogens is 1. The first kappa shape index (κ1) is 13.5. The van der Waals surface area contributed by atoms with E-state index in [1.165, 1.54) is 0 Å². The molecule has 0 aromatic heterocycles. The van der Waals surface area contributed by atoms with Crippen LogP contribution in [0.15, 0.2) is 0 Å². The lowest BCUT2D eigenvalue weighted by Gasteiger charge is -2.29. The number of alkyl halides is 1. The van der Waals surface area contributed by atoms with Crippen LogP contribution in [0.4, 0.5) is 0 Å². The van der Waals surface area contributed by atoms with Crippen molar-refractivity contribution in [1.82, 2.24) is 4.31 Å². The van der Waals surface area contributed by atoms with Crippen molar-refractivity contribution in [3.05, 3.63) is 0 Å². The van der Waals surface area contributed by atoms with Gasteiger partial charge >= 0.3 is 0 Å². The van der Waals surface area contributed by atoms with Crippen LogP contribution in [0.25, 0.3) is 0 Å². The van der Waals surface area contributed by atoms with Gasteiger partial charge in [0.15, 0.2) is 0 Å². The molecule has 0 N–H and O–H groups in total. The summed E-state index contributed by atoms with van der Waals surface area (Å²) >= 11 is 3.33. The number of sulfonamides is 1. The maximum absolute atomic E-state index is 12.1. The number of hydrogen-bond donors (Lipinski definition) is 0. The van der Waals surface area contributed by atoms with Gasteiger partial charge in [-0.2, -0.15) is 4.31 Å². The highest BCUT2D eigenvalue weighted by Crippen LogP contribution is 2.27. The summed E-state index contributed by atoms with van der Waals surface area (Å²) < 4.78 is 25.9. The van der Waals surface area contributed by atoms with E-state index in [4.69, 9.17) is 0 Å². The fourth-order valence-corrected chi connectivity index (χ4v) is 4.19. The van der Waals surface area contributed by atoms with Gasteiger partial charge in [0, 0.05) is 17.9 Å². The summed E-state index contributed by atoms with van der Waals surface area (Å²) in [7, 11) is -3.08. The second-order valence-corrected chi connectivity index (χ2v) is 7.57. The summed E-state index contributed by atoms with van der Waals surface area (Å²) in [5.74, 6) is 0. The van der Waals surface area contributed by atoms with E-state index in [1.807, 2.05) is 0 Å². The lowest BCUT2D eigenvalue weighted by Crippen LogP contribution is -2.43. The molecule has 1 aliphatic carbocycles. The van der Waals surface area contributed by atoms with Gasteiger partial charge in [-0.25, -0.2) is 8.42 Å². The van der Waals surface area contributed by atoms with Gasteiger partial charge < -0.3 is 0 Å². The van der Waals surface area contributed by atoms with Gasteiger partial charge in [0.25, 0.3) is 0 Å². The lowest BCUT2D eigenvalue weighted by molar-refractivity contribution is 0.335. The zero-order valence-corrected chi connectivity index (χ0v) is 11.8. The largest absolute Gasteiger partial charge is 0.216 e. The Morgan fingerprint density at radius 3 is 2.27 bits per heavy atom. The van der Waals surface area contributed by atoms with Crippen LogP contribution in [0, 0.1) is 0 Å². The highest BCUT2D eigenvalue weighted by Gasteiger charge is 2.33. The van der Waals surface area contributed by atoms with Crippen molar-refractivity contribution in [2.75, 3.05) is 11.9 Å². The molecule has 0 saturated heterocycles. The lowest BCUT2D eigenvalue weighted by atomic mass is 10.2. The van der Waals surface area contributed by atoms with E-state index in [0.29, 0.717) is 6.54 Å². The van der Waals surface area contributed by atoms with E-state index in [9.17, 15) is 8.42 Å². The van der Waals surface area contributed by atoms with Crippen molar-refractivity contribution in [3.63, 3.8) is 0 Å². The summed E-state index contributed by atoms with van der Waals surface area (Å²) in [4.78, 5) is 0. The average molecular weight is 298 g/mol. The second kappa shape index (κ2) is 5.64. The van der Waals surface area contributed by atoms with Gasteiger partial charge in [-0.05, 0) is 26.7 Å². The maximum atomic E-state index is 12.1. The molecule has 0 aromatic carbocycles. The predicted molar refractivity (Wildman–Crippen MR) is 66.8 cm³/mol. The molecular weight excluding hydrogens is 278 g/mol. The molecule has 0 aromatic rings. The fraction of sp³-hybridized carbons (Fsp3) is 1.00. The van der Waals surface area contributed by atoms with E-state index in [2.05, 4.69) is 15.9 Å². The fourth-order valence-electron chi connectivity index (χ4n) is 2.06. The van der Waals surface area contributed by atoms with E-state index in [0.717, 1.165) is 31.0 Å². The minimum atomic E-state index is -3.08. The Balaban J connectivity index is 2.81. The Bertz CT molecular complexity index is 284. The molecule has 0 aliphatic heterocycles. The van der Waals surface area contributed by atoms with Crippen molar-refractivity contribution in [2.24, 2.45) is 0 Å². The van der Waals surface area contributed by atoms with Gasteiger partial charge in [-0.15, -0.1) is 0 Å². The van der Waals surface area contributed by atoms with Crippen LogP contribution in [0.1, 0.15) is 39.5 Å². The van der Waals surface area contributed by atoms with E-state index < -0.39 is 10.0 Å². The third kappa shape index (κ3) is 3.17. The second-order valence-electron chi connectivity index (χ2n) is 4.33. The Morgan fingerprint density at radius 2 is 1.87 bits per heavy atom. The van der Waals surface area contributed by atoms with Crippen molar-refractivity contribution >= 4 is 26.0 Å². The zero-order chi connectivity index (χ0) is 11.5. The molecule has 0 spiro atoms. The Labute approximate surface area is 101 Å². The van der Waals surface area contributed by atoms with Crippen molar-refractivity contribution in [1.29, 1.82) is 0 Å². The molecule has 0 heterocycles. The van der Waals surface area contributed by atoms with Gasteiger partial charge in [0.05, 0.1) is 5.25 Å². The van der Waals surface area contributed by atoms with Crippen LogP contribution in [0.5, 0.6) is 0 Å². The number of hydrogen-bond acceptors (Lipinski definition) is 2. The smallest absolute Gasteiger partial charge is 0.212 e. The molecule has 1 aliphatic rings. The van der Waals surface area contributed by atoms with Crippen molar-refractivity contribution in [3.8, 4) is 0 Å². The van der Waals surface area contributed by atoms with Crippen LogP contribution in [0.3, 0.4) is 0 Å². The standard InChI is InChI=1S/C10H20BrNO2S/c1-9(2)15(13,14)12(8-7-11)10-5-3-4-6-10/h9-10H,3-8H2,1-2H3. The molecular formula is C10H20BrNO2S. The van der Waals surface area contributed by atoms with Gasteiger partial charge in [0.2, 0.25) is 10.0 Å². The number of rotatable bonds is 5. The monoisotopic (exact) mass is 297 g/mol. The molecule has 0 amide bonds. The minimum absolute atomic E-state index is 0.245. The Kier molecular flexibility index (Phi) is 5.06. The summed E-state index contributed by atoms with van der Waals surface area (Å²) in [5, 5.41) is 0.410. The average Bonchev–Trinajstić information content (AvgIpc) is 2.66. The summed E-state index contributed by atoms with van der Waals surface area (Å²) in [6.07, 6.45) is 4.38. The Morgan fingerprint density at radius 1 is 1.33 bits per heavy atom.